The topological polar surface area (TPSA) is 55.6 Å². The lowest BCUT2D eigenvalue weighted by molar-refractivity contribution is 0.415. The van der Waals surface area contributed by atoms with Gasteiger partial charge in [-0.2, -0.15) is 0 Å². The number of fused-ring (bicyclic) bond motifs is 1. The number of hydrogen-bond acceptors (Lipinski definition) is 6. The molecule has 0 bridgehead atoms. The summed E-state index contributed by atoms with van der Waals surface area (Å²) < 4.78 is 10.9. The second-order valence-corrected chi connectivity index (χ2v) is 8.41. The van der Waals surface area contributed by atoms with E-state index in [4.69, 9.17) is 14.1 Å². The highest BCUT2D eigenvalue weighted by Crippen LogP contribution is 2.43. The Hall–Kier alpha value is -3.12. The van der Waals surface area contributed by atoms with Crippen molar-refractivity contribution in [3.05, 3.63) is 65.0 Å². The molecule has 0 atom stereocenters. The first-order valence-electron chi connectivity index (χ1n) is 10.2. The summed E-state index contributed by atoms with van der Waals surface area (Å²) in [6.45, 7) is 2.04. The molecule has 4 aromatic rings. The van der Waals surface area contributed by atoms with E-state index in [0.29, 0.717) is 5.58 Å². The number of nitrogens with zero attached hydrogens (tertiary/aromatic N) is 2. The Morgan fingerprint density at radius 3 is 2.60 bits per heavy atom. The summed E-state index contributed by atoms with van der Waals surface area (Å²) in [4.78, 5) is 20.7. The molecule has 2 aromatic carbocycles. The summed E-state index contributed by atoms with van der Waals surface area (Å²) in [5.74, 6) is 0.722. The maximum atomic E-state index is 12.4. The number of benzene rings is 2. The molecule has 5 nitrogen and oxygen atoms in total. The molecule has 0 aliphatic carbocycles. The average Bonchev–Trinajstić information content (AvgIpc) is 3.25. The summed E-state index contributed by atoms with van der Waals surface area (Å²) in [5, 5.41) is 1.85. The van der Waals surface area contributed by atoms with Gasteiger partial charge in [-0.15, -0.1) is 0 Å². The number of piperidine rings is 1. The maximum absolute atomic E-state index is 12.4. The van der Waals surface area contributed by atoms with E-state index in [2.05, 4.69) is 17.0 Å². The zero-order valence-electron chi connectivity index (χ0n) is 16.8. The molecular formula is C24H22N2O3S. The molecule has 0 unspecified atom stereocenters. The number of thiazole rings is 1. The van der Waals surface area contributed by atoms with Gasteiger partial charge >= 0.3 is 5.63 Å². The first-order valence-corrected chi connectivity index (χ1v) is 11.0. The van der Waals surface area contributed by atoms with Crippen LogP contribution in [-0.4, -0.2) is 25.2 Å². The lowest BCUT2D eigenvalue weighted by Crippen LogP contribution is -2.29. The van der Waals surface area contributed by atoms with Gasteiger partial charge in [-0.3, -0.25) is 0 Å². The molecule has 30 heavy (non-hydrogen) atoms. The first-order chi connectivity index (χ1) is 14.7. The van der Waals surface area contributed by atoms with Crippen LogP contribution < -0.4 is 15.3 Å². The Bertz CT molecular complexity index is 1240. The van der Waals surface area contributed by atoms with Gasteiger partial charge in [-0.05, 0) is 37.5 Å². The molecule has 1 aliphatic heterocycles. The van der Waals surface area contributed by atoms with Gasteiger partial charge in [0.15, 0.2) is 5.13 Å². The molecule has 152 valence electrons. The van der Waals surface area contributed by atoms with Crippen LogP contribution in [0.1, 0.15) is 19.3 Å². The minimum absolute atomic E-state index is 0.366. The predicted molar refractivity (Wildman–Crippen MR) is 122 cm³/mol. The number of methoxy groups -OCH3 is 1. The Labute approximate surface area is 178 Å². The molecule has 5 rings (SSSR count). The van der Waals surface area contributed by atoms with Crippen LogP contribution >= 0.6 is 11.3 Å². The van der Waals surface area contributed by atoms with Crippen LogP contribution in [0, 0.1) is 0 Å². The standard InChI is InChI=1S/C24H22N2O3S/c1-28-17-10-11-20-18(14-17)19(15-21(27)29-20)23-22(16-8-4-2-5-9-16)25-24(30-23)26-12-6-3-7-13-26/h2,4-5,8-11,14-15H,3,6-7,12-13H2,1H3. The third kappa shape index (κ3) is 3.48. The lowest BCUT2D eigenvalue weighted by atomic mass is 10.0. The fourth-order valence-corrected chi connectivity index (χ4v) is 5.13. The van der Waals surface area contributed by atoms with Crippen molar-refractivity contribution in [2.45, 2.75) is 19.3 Å². The van der Waals surface area contributed by atoms with E-state index in [1.807, 2.05) is 24.3 Å². The van der Waals surface area contributed by atoms with E-state index < -0.39 is 0 Å². The minimum atomic E-state index is -0.366. The quantitative estimate of drug-likeness (QED) is 0.405. The van der Waals surface area contributed by atoms with Crippen LogP contribution in [-0.2, 0) is 0 Å². The summed E-state index contributed by atoms with van der Waals surface area (Å²) >= 11 is 1.64. The number of hydrogen-bond donors (Lipinski definition) is 0. The van der Waals surface area contributed by atoms with Crippen LogP contribution in [0.4, 0.5) is 5.13 Å². The average molecular weight is 419 g/mol. The van der Waals surface area contributed by atoms with Gasteiger partial charge < -0.3 is 14.1 Å². The summed E-state index contributed by atoms with van der Waals surface area (Å²) in [6, 6.07) is 17.2. The largest absolute Gasteiger partial charge is 0.497 e. The summed E-state index contributed by atoms with van der Waals surface area (Å²) in [5.41, 5.74) is 2.95. The fourth-order valence-electron chi connectivity index (χ4n) is 3.96. The molecule has 0 radical (unpaired) electrons. The van der Waals surface area contributed by atoms with Crippen molar-refractivity contribution in [2.75, 3.05) is 25.1 Å². The van der Waals surface area contributed by atoms with Gasteiger partial charge in [0.25, 0.3) is 0 Å². The molecular weight excluding hydrogens is 396 g/mol. The van der Waals surface area contributed by atoms with E-state index >= 15 is 0 Å². The number of rotatable bonds is 4. The van der Waals surface area contributed by atoms with Crippen molar-refractivity contribution in [1.29, 1.82) is 0 Å². The Morgan fingerprint density at radius 1 is 1.03 bits per heavy atom. The van der Waals surface area contributed by atoms with Gasteiger partial charge in [0, 0.05) is 35.7 Å². The Kier molecular flexibility index (Phi) is 5.01. The molecule has 1 fully saturated rings. The van der Waals surface area contributed by atoms with E-state index in [9.17, 15) is 4.79 Å². The monoisotopic (exact) mass is 418 g/mol. The maximum Gasteiger partial charge on any atom is 0.336 e. The summed E-state index contributed by atoms with van der Waals surface area (Å²) in [6.07, 6.45) is 3.64. The van der Waals surface area contributed by atoms with Crippen LogP contribution in [0.25, 0.3) is 32.7 Å². The third-order valence-corrected chi connectivity index (χ3v) is 6.63. The zero-order chi connectivity index (χ0) is 20.5. The zero-order valence-corrected chi connectivity index (χ0v) is 17.6. The van der Waals surface area contributed by atoms with E-state index in [0.717, 1.165) is 51.1 Å². The van der Waals surface area contributed by atoms with Gasteiger partial charge in [0.1, 0.15) is 11.3 Å². The van der Waals surface area contributed by atoms with Crippen molar-refractivity contribution in [3.8, 4) is 27.4 Å². The molecule has 2 aromatic heterocycles. The van der Waals surface area contributed by atoms with Crippen LogP contribution in [0.3, 0.4) is 0 Å². The second kappa shape index (κ2) is 7.95. The van der Waals surface area contributed by atoms with Crippen molar-refractivity contribution in [3.63, 3.8) is 0 Å². The van der Waals surface area contributed by atoms with Crippen LogP contribution in [0.2, 0.25) is 0 Å². The highest BCUT2D eigenvalue weighted by molar-refractivity contribution is 7.19. The molecule has 0 spiro atoms. The molecule has 6 heteroatoms. The van der Waals surface area contributed by atoms with Crippen LogP contribution in [0.15, 0.2) is 63.8 Å². The van der Waals surface area contributed by atoms with Gasteiger partial charge in [-0.25, -0.2) is 9.78 Å². The van der Waals surface area contributed by atoms with E-state index in [-0.39, 0.29) is 5.63 Å². The lowest BCUT2D eigenvalue weighted by Gasteiger charge is -2.25. The fraction of sp³-hybridized carbons (Fsp3) is 0.250. The van der Waals surface area contributed by atoms with Crippen molar-refractivity contribution < 1.29 is 9.15 Å². The molecule has 0 amide bonds. The highest BCUT2D eigenvalue weighted by Gasteiger charge is 2.22. The van der Waals surface area contributed by atoms with Gasteiger partial charge in [0.05, 0.1) is 17.7 Å². The Morgan fingerprint density at radius 2 is 1.83 bits per heavy atom. The van der Waals surface area contributed by atoms with Gasteiger partial charge in [-0.1, -0.05) is 41.7 Å². The normalized spacial score (nSPS) is 14.2. The van der Waals surface area contributed by atoms with Crippen LogP contribution in [0.5, 0.6) is 5.75 Å². The molecule has 0 N–H and O–H groups in total. The first kappa shape index (κ1) is 18.9. The number of ether oxygens (including phenoxy) is 1. The minimum Gasteiger partial charge on any atom is -0.497 e. The van der Waals surface area contributed by atoms with Crippen molar-refractivity contribution >= 4 is 27.4 Å². The number of anilines is 1. The smallest absolute Gasteiger partial charge is 0.336 e. The molecule has 1 aliphatic rings. The van der Waals surface area contributed by atoms with Gasteiger partial charge in [0.2, 0.25) is 0 Å². The second-order valence-electron chi connectivity index (χ2n) is 7.43. The van der Waals surface area contributed by atoms with E-state index in [1.54, 1.807) is 36.6 Å². The molecule has 1 saturated heterocycles. The number of aromatic nitrogens is 1. The predicted octanol–water partition coefficient (Wildman–Crippen LogP) is 5.58. The molecule has 3 heterocycles. The SMILES string of the molecule is COc1ccc2oc(=O)cc(-c3sc(N4CCCCC4)nc3-c3ccccc3)c2c1. The van der Waals surface area contributed by atoms with Crippen molar-refractivity contribution in [2.24, 2.45) is 0 Å². The molecule has 0 saturated carbocycles. The Balaban J connectivity index is 1.75. The highest BCUT2D eigenvalue weighted by atomic mass is 32.1. The van der Waals surface area contributed by atoms with E-state index in [1.165, 1.54) is 19.3 Å². The summed E-state index contributed by atoms with van der Waals surface area (Å²) in [7, 11) is 1.64. The van der Waals surface area contributed by atoms with Crippen molar-refractivity contribution in [1.82, 2.24) is 4.98 Å². The third-order valence-electron chi connectivity index (χ3n) is 5.48.